The molecule has 0 aliphatic heterocycles. The van der Waals surface area contributed by atoms with E-state index < -0.39 is 5.54 Å². The number of nitrogens with one attached hydrogen (secondary N) is 1. The normalized spacial score (nSPS) is 16.2. The SMILES string of the molecule is Cl.NC(=O)Cc1ccc(NC(=O)C2(N)CCCC2)cc1. The third-order valence-electron chi connectivity index (χ3n) is 3.54. The van der Waals surface area contributed by atoms with Crippen molar-refractivity contribution in [1.82, 2.24) is 0 Å². The van der Waals surface area contributed by atoms with Crippen molar-refractivity contribution in [2.24, 2.45) is 11.5 Å². The number of hydrogen-bond acceptors (Lipinski definition) is 3. The maximum atomic E-state index is 12.1. The predicted octanol–water partition coefficient (Wildman–Crippen LogP) is 1.35. The van der Waals surface area contributed by atoms with E-state index in [1.807, 2.05) is 0 Å². The largest absolute Gasteiger partial charge is 0.369 e. The smallest absolute Gasteiger partial charge is 0.244 e. The van der Waals surface area contributed by atoms with E-state index >= 15 is 0 Å². The molecule has 0 atom stereocenters. The molecule has 0 bridgehead atoms. The summed E-state index contributed by atoms with van der Waals surface area (Å²) in [4.78, 5) is 22.9. The molecule has 0 heterocycles. The average Bonchev–Trinajstić information content (AvgIpc) is 2.79. The molecule has 110 valence electrons. The number of benzene rings is 1. The zero-order valence-electron chi connectivity index (χ0n) is 11.2. The van der Waals surface area contributed by atoms with Crippen LogP contribution in [0.5, 0.6) is 0 Å². The highest BCUT2D eigenvalue weighted by atomic mass is 35.5. The van der Waals surface area contributed by atoms with Gasteiger partial charge >= 0.3 is 0 Å². The van der Waals surface area contributed by atoms with Gasteiger partial charge in [-0.1, -0.05) is 25.0 Å². The van der Waals surface area contributed by atoms with Gasteiger partial charge in [0.15, 0.2) is 0 Å². The monoisotopic (exact) mass is 297 g/mol. The number of primary amides is 1. The van der Waals surface area contributed by atoms with Crippen molar-refractivity contribution in [2.45, 2.75) is 37.6 Å². The first-order valence-electron chi connectivity index (χ1n) is 6.47. The summed E-state index contributed by atoms with van der Waals surface area (Å²) in [5.74, 6) is -0.503. The Balaban J connectivity index is 0.00000200. The van der Waals surface area contributed by atoms with Crippen LogP contribution in [0.4, 0.5) is 5.69 Å². The van der Waals surface area contributed by atoms with Gasteiger partial charge in [-0.05, 0) is 30.5 Å². The van der Waals surface area contributed by atoms with Crippen molar-refractivity contribution in [3.05, 3.63) is 29.8 Å². The van der Waals surface area contributed by atoms with Crippen LogP contribution >= 0.6 is 12.4 Å². The molecule has 1 fully saturated rings. The van der Waals surface area contributed by atoms with Gasteiger partial charge in [-0.3, -0.25) is 9.59 Å². The molecule has 0 saturated heterocycles. The van der Waals surface area contributed by atoms with Gasteiger partial charge in [-0.25, -0.2) is 0 Å². The van der Waals surface area contributed by atoms with Crippen molar-refractivity contribution in [3.8, 4) is 0 Å². The first kappa shape index (κ1) is 16.5. The molecule has 5 nitrogen and oxygen atoms in total. The number of hydrogen-bond donors (Lipinski definition) is 3. The van der Waals surface area contributed by atoms with Crippen LogP contribution in [0.25, 0.3) is 0 Å². The molecule has 0 spiro atoms. The molecule has 0 radical (unpaired) electrons. The van der Waals surface area contributed by atoms with E-state index in [1.165, 1.54) is 0 Å². The Morgan fingerprint density at radius 2 is 1.70 bits per heavy atom. The standard InChI is InChI=1S/C14H19N3O2.ClH/c15-12(18)9-10-3-5-11(6-4-10)17-13(19)14(16)7-1-2-8-14;/h3-6H,1-2,7-9,16H2,(H2,15,18)(H,17,19);1H. The van der Waals surface area contributed by atoms with Gasteiger partial charge in [-0.2, -0.15) is 0 Å². The van der Waals surface area contributed by atoms with Gasteiger partial charge in [0.05, 0.1) is 12.0 Å². The second-order valence-electron chi connectivity index (χ2n) is 5.16. The summed E-state index contributed by atoms with van der Waals surface area (Å²) >= 11 is 0. The third kappa shape index (κ3) is 3.95. The lowest BCUT2D eigenvalue weighted by Crippen LogP contribution is -2.48. The van der Waals surface area contributed by atoms with E-state index in [-0.39, 0.29) is 30.6 Å². The van der Waals surface area contributed by atoms with Crippen LogP contribution in [0.3, 0.4) is 0 Å². The van der Waals surface area contributed by atoms with E-state index in [0.717, 1.165) is 31.2 Å². The van der Waals surface area contributed by atoms with Crippen molar-refractivity contribution in [2.75, 3.05) is 5.32 Å². The van der Waals surface area contributed by atoms with Crippen LogP contribution in [-0.4, -0.2) is 17.4 Å². The number of anilines is 1. The van der Waals surface area contributed by atoms with Gasteiger partial charge in [0.25, 0.3) is 0 Å². The van der Waals surface area contributed by atoms with Gasteiger partial charge in [-0.15, -0.1) is 12.4 Å². The van der Waals surface area contributed by atoms with E-state index in [2.05, 4.69) is 5.32 Å². The summed E-state index contributed by atoms with van der Waals surface area (Å²) in [6.45, 7) is 0. The van der Waals surface area contributed by atoms with Crippen molar-refractivity contribution in [1.29, 1.82) is 0 Å². The zero-order chi connectivity index (χ0) is 13.9. The van der Waals surface area contributed by atoms with Crippen LogP contribution in [0.2, 0.25) is 0 Å². The fraction of sp³-hybridized carbons (Fsp3) is 0.429. The van der Waals surface area contributed by atoms with Crippen LogP contribution in [0, 0.1) is 0 Å². The fourth-order valence-corrected chi connectivity index (χ4v) is 2.40. The molecule has 1 aliphatic rings. The van der Waals surface area contributed by atoms with E-state index in [4.69, 9.17) is 11.5 Å². The summed E-state index contributed by atoms with van der Waals surface area (Å²) in [6, 6.07) is 7.07. The molecule has 0 unspecified atom stereocenters. The minimum Gasteiger partial charge on any atom is -0.369 e. The van der Waals surface area contributed by atoms with Crippen LogP contribution in [0.1, 0.15) is 31.2 Å². The fourth-order valence-electron chi connectivity index (χ4n) is 2.40. The van der Waals surface area contributed by atoms with Gasteiger partial charge in [0, 0.05) is 5.69 Å². The zero-order valence-corrected chi connectivity index (χ0v) is 12.0. The highest BCUT2D eigenvalue weighted by Gasteiger charge is 2.36. The third-order valence-corrected chi connectivity index (χ3v) is 3.54. The number of carbonyl (C=O) groups is 2. The minimum absolute atomic E-state index is 0. The number of halogens is 1. The Morgan fingerprint density at radius 1 is 1.15 bits per heavy atom. The highest BCUT2D eigenvalue weighted by molar-refractivity contribution is 5.98. The topological polar surface area (TPSA) is 98.2 Å². The lowest BCUT2D eigenvalue weighted by atomic mass is 9.98. The van der Waals surface area contributed by atoms with E-state index in [1.54, 1.807) is 24.3 Å². The van der Waals surface area contributed by atoms with Crippen LogP contribution in [-0.2, 0) is 16.0 Å². The van der Waals surface area contributed by atoms with E-state index in [9.17, 15) is 9.59 Å². The van der Waals surface area contributed by atoms with Crippen molar-refractivity contribution >= 4 is 29.9 Å². The molecule has 6 heteroatoms. The molecule has 2 rings (SSSR count). The summed E-state index contributed by atoms with van der Waals surface area (Å²) in [7, 11) is 0. The van der Waals surface area contributed by atoms with Crippen molar-refractivity contribution in [3.63, 3.8) is 0 Å². The molecule has 5 N–H and O–H groups in total. The van der Waals surface area contributed by atoms with Crippen LogP contribution < -0.4 is 16.8 Å². The Morgan fingerprint density at radius 3 is 2.20 bits per heavy atom. The molecule has 1 aliphatic carbocycles. The molecular formula is C14H20ClN3O2. The van der Waals surface area contributed by atoms with E-state index in [0.29, 0.717) is 5.69 Å². The molecule has 2 amide bonds. The minimum atomic E-state index is -0.730. The predicted molar refractivity (Wildman–Crippen MR) is 80.6 cm³/mol. The van der Waals surface area contributed by atoms with Crippen LogP contribution in [0.15, 0.2) is 24.3 Å². The molecule has 1 saturated carbocycles. The molecule has 1 aromatic carbocycles. The number of rotatable bonds is 4. The Kier molecular flexibility index (Phi) is 5.53. The quantitative estimate of drug-likeness (QED) is 0.782. The Labute approximate surface area is 124 Å². The van der Waals surface area contributed by atoms with Crippen molar-refractivity contribution < 1.29 is 9.59 Å². The summed E-state index contributed by atoms with van der Waals surface area (Å²) < 4.78 is 0. The molecule has 0 aromatic heterocycles. The summed E-state index contributed by atoms with van der Waals surface area (Å²) in [5.41, 5.74) is 12.0. The highest BCUT2D eigenvalue weighted by Crippen LogP contribution is 2.28. The lowest BCUT2D eigenvalue weighted by molar-refractivity contribution is -0.121. The summed E-state index contributed by atoms with van der Waals surface area (Å²) in [6.07, 6.45) is 3.68. The van der Waals surface area contributed by atoms with Gasteiger partial charge < -0.3 is 16.8 Å². The average molecular weight is 298 g/mol. The first-order chi connectivity index (χ1) is 8.99. The second kappa shape index (κ2) is 6.72. The summed E-state index contributed by atoms with van der Waals surface area (Å²) in [5, 5.41) is 2.82. The number of nitrogens with two attached hydrogens (primary N) is 2. The Hall–Kier alpha value is -1.59. The molecular weight excluding hydrogens is 278 g/mol. The number of amides is 2. The number of carbonyl (C=O) groups excluding carboxylic acids is 2. The lowest BCUT2D eigenvalue weighted by Gasteiger charge is -2.22. The second-order valence-corrected chi connectivity index (χ2v) is 5.16. The molecule has 1 aromatic rings. The maximum absolute atomic E-state index is 12.1. The first-order valence-corrected chi connectivity index (χ1v) is 6.47. The Bertz CT molecular complexity index is 482. The molecule has 20 heavy (non-hydrogen) atoms. The van der Waals surface area contributed by atoms with Gasteiger partial charge in [0.2, 0.25) is 11.8 Å². The van der Waals surface area contributed by atoms with Gasteiger partial charge in [0.1, 0.15) is 0 Å². The maximum Gasteiger partial charge on any atom is 0.244 e.